The fraction of sp³-hybridized carbons (Fsp3) is 0.385. The second-order valence-electron chi connectivity index (χ2n) is 9.53. The Morgan fingerprint density at radius 2 is 1.84 bits per heavy atom. The van der Waals surface area contributed by atoms with Crippen LogP contribution in [0.15, 0.2) is 59.8 Å². The first kappa shape index (κ1) is 21.3. The lowest BCUT2D eigenvalue weighted by atomic mass is 9.85. The maximum absolute atomic E-state index is 13.5. The van der Waals surface area contributed by atoms with Gasteiger partial charge in [0.05, 0.1) is 5.71 Å². The maximum atomic E-state index is 13.5. The monoisotopic (exact) mass is 420 g/mol. The first-order valence-electron chi connectivity index (χ1n) is 10.8. The molecule has 4 nitrogen and oxygen atoms in total. The number of hydrogen-bond acceptors (Lipinski definition) is 3. The lowest BCUT2D eigenvalue weighted by Gasteiger charge is -2.36. The first-order chi connectivity index (χ1) is 14.7. The van der Waals surface area contributed by atoms with Crippen LogP contribution in [-0.4, -0.2) is 35.2 Å². The van der Waals surface area contributed by atoms with E-state index in [1.165, 1.54) is 17.7 Å². The number of nitrogens with zero attached hydrogens (tertiary/aromatic N) is 2. The van der Waals surface area contributed by atoms with Crippen molar-refractivity contribution in [3.63, 3.8) is 0 Å². The van der Waals surface area contributed by atoms with Crippen molar-refractivity contribution >= 4 is 17.7 Å². The molecule has 2 aliphatic rings. The first-order valence-corrected chi connectivity index (χ1v) is 10.8. The van der Waals surface area contributed by atoms with Gasteiger partial charge in [0.2, 0.25) is 5.91 Å². The minimum absolute atomic E-state index is 0.0130. The molecule has 0 atom stereocenters. The third-order valence-corrected chi connectivity index (χ3v) is 6.18. The molecule has 0 saturated carbocycles. The Labute approximate surface area is 183 Å². The number of likely N-dealkylation sites (tertiary alicyclic amines) is 1. The second kappa shape index (κ2) is 8.29. The molecule has 31 heavy (non-hydrogen) atoms. The molecule has 5 heteroatoms. The summed E-state index contributed by atoms with van der Waals surface area (Å²) in [4.78, 5) is 20.3. The number of carbonyl (C=O) groups is 1. The van der Waals surface area contributed by atoms with E-state index in [-0.39, 0.29) is 22.7 Å². The van der Waals surface area contributed by atoms with Crippen molar-refractivity contribution in [1.29, 1.82) is 0 Å². The van der Waals surface area contributed by atoms with E-state index in [1.54, 1.807) is 12.1 Å². The number of rotatable bonds is 3. The molecule has 2 heterocycles. The summed E-state index contributed by atoms with van der Waals surface area (Å²) in [5.41, 5.74) is 3.55. The van der Waals surface area contributed by atoms with Crippen LogP contribution >= 0.6 is 0 Å². The van der Waals surface area contributed by atoms with Gasteiger partial charge in [-0.3, -0.25) is 4.79 Å². The molecule has 0 N–H and O–H groups in total. The van der Waals surface area contributed by atoms with Crippen molar-refractivity contribution in [1.82, 2.24) is 4.90 Å². The standard InChI is InChI=1S/C26H29FN2O2/c1-25(2,3)21-10-7-19(8-11-21)9-12-24(30)29-15-13-26(14-16-29)18-23(28-31-26)20-5-4-6-22(27)17-20/h4-12,17H,13-16,18H2,1-3H3/b12-9+. The summed E-state index contributed by atoms with van der Waals surface area (Å²) in [6.07, 6.45) is 5.60. The van der Waals surface area contributed by atoms with E-state index in [0.29, 0.717) is 19.5 Å². The predicted octanol–water partition coefficient (Wildman–Crippen LogP) is 5.32. The average molecular weight is 421 g/mol. The van der Waals surface area contributed by atoms with Crippen LogP contribution in [0.25, 0.3) is 6.08 Å². The maximum Gasteiger partial charge on any atom is 0.246 e. The molecule has 0 bridgehead atoms. The van der Waals surface area contributed by atoms with Crippen LogP contribution in [0.4, 0.5) is 4.39 Å². The van der Waals surface area contributed by atoms with Crippen molar-refractivity contribution < 1.29 is 14.0 Å². The minimum Gasteiger partial charge on any atom is -0.388 e. The van der Waals surface area contributed by atoms with Gasteiger partial charge < -0.3 is 9.74 Å². The van der Waals surface area contributed by atoms with Gasteiger partial charge >= 0.3 is 0 Å². The van der Waals surface area contributed by atoms with Crippen molar-refractivity contribution in [2.45, 2.75) is 51.0 Å². The molecular weight excluding hydrogens is 391 g/mol. The molecule has 0 aliphatic carbocycles. The predicted molar refractivity (Wildman–Crippen MR) is 121 cm³/mol. The summed E-state index contributed by atoms with van der Waals surface area (Å²) >= 11 is 0. The van der Waals surface area contributed by atoms with Gasteiger partial charge in [0, 0.05) is 44.0 Å². The van der Waals surface area contributed by atoms with Crippen molar-refractivity contribution in [2.24, 2.45) is 5.16 Å². The minimum atomic E-state index is -0.384. The van der Waals surface area contributed by atoms with Gasteiger partial charge in [0.15, 0.2) is 0 Å². The summed E-state index contributed by atoms with van der Waals surface area (Å²) in [7, 11) is 0. The van der Waals surface area contributed by atoms with Crippen molar-refractivity contribution in [2.75, 3.05) is 13.1 Å². The molecule has 2 aliphatic heterocycles. The highest BCUT2D eigenvalue weighted by Crippen LogP contribution is 2.36. The van der Waals surface area contributed by atoms with Gasteiger partial charge in [0.1, 0.15) is 11.4 Å². The summed E-state index contributed by atoms with van der Waals surface area (Å²) < 4.78 is 13.5. The second-order valence-corrected chi connectivity index (χ2v) is 9.53. The lowest BCUT2D eigenvalue weighted by molar-refractivity contribution is -0.131. The fourth-order valence-corrected chi connectivity index (χ4v) is 4.11. The van der Waals surface area contributed by atoms with E-state index in [9.17, 15) is 9.18 Å². The van der Waals surface area contributed by atoms with E-state index in [0.717, 1.165) is 29.7 Å². The van der Waals surface area contributed by atoms with Crippen LogP contribution < -0.4 is 0 Å². The number of halogens is 1. The number of carbonyl (C=O) groups excluding carboxylic acids is 1. The number of amides is 1. The average Bonchev–Trinajstić information content (AvgIpc) is 3.16. The molecule has 0 aromatic heterocycles. The van der Waals surface area contributed by atoms with Crippen LogP contribution in [0, 0.1) is 5.82 Å². The smallest absolute Gasteiger partial charge is 0.246 e. The topological polar surface area (TPSA) is 41.9 Å². The van der Waals surface area contributed by atoms with Crippen LogP contribution in [0.2, 0.25) is 0 Å². The molecule has 1 fully saturated rings. The molecule has 1 spiro atoms. The zero-order valence-corrected chi connectivity index (χ0v) is 18.4. The fourth-order valence-electron chi connectivity index (χ4n) is 4.11. The Hall–Kier alpha value is -2.95. The lowest BCUT2D eigenvalue weighted by Crippen LogP contribution is -2.46. The van der Waals surface area contributed by atoms with Gasteiger partial charge in [-0.1, -0.05) is 62.3 Å². The summed E-state index contributed by atoms with van der Waals surface area (Å²) in [5.74, 6) is -0.264. The Morgan fingerprint density at radius 1 is 1.13 bits per heavy atom. The molecule has 1 saturated heterocycles. The van der Waals surface area contributed by atoms with E-state index in [2.05, 4.69) is 38.1 Å². The van der Waals surface area contributed by atoms with Gasteiger partial charge in [-0.25, -0.2) is 4.39 Å². The largest absolute Gasteiger partial charge is 0.388 e. The summed E-state index contributed by atoms with van der Waals surface area (Å²) in [6, 6.07) is 14.8. The quantitative estimate of drug-likeness (QED) is 0.631. The Balaban J connectivity index is 1.32. The van der Waals surface area contributed by atoms with Crippen LogP contribution in [-0.2, 0) is 15.0 Å². The van der Waals surface area contributed by atoms with Crippen molar-refractivity contribution in [3.05, 3.63) is 77.1 Å². The van der Waals surface area contributed by atoms with Gasteiger partial charge in [-0.15, -0.1) is 0 Å². The number of oxime groups is 1. The Bertz CT molecular complexity index is 1010. The summed E-state index contributed by atoms with van der Waals surface area (Å²) in [6.45, 7) is 7.80. The molecule has 2 aromatic carbocycles. The third kappa shape index (κ3) is 4.87. The molecule has 1 amide bonds. The molecule has 162 valence electrons. The Kier molecular flexibility index (Phi) is 5.69. The zero-order chi connectivity index (χ0) is 22.1. The van der Waals surface area contributed by atoms with Crippen LogP contribution in [0.5, 0.6) is 0 Å². The zero-order valence-electron chi connectivity index (χ0n) is 18.4. The normalized spacial score (nSPS) is 18.3. The van der Waals surface area contributed by atoms with Gasteiger partial charge in [-0.2, -0.15) is 0 Å². The summed E-state index contributed by atoms with van der Waals surface area (Å²) in [5, 5.41) is 4.23. The number of piperidine rings is 1. The third-order valence-electron chi connectivity index (χ3n) is 6.18. The highest BCUT2D eigenvalue weighted by atomic mass is 19.1. The SMILES string of the molecule is CC(C)(C)c1ccc(/C=C/C(=O)N2CCC3(CC2)CC(c2cccc(F)c2)=NO3)cc1. The molecular formula is C26H29FN2O2. The molecule has 2 aromatic rings. The molecule has 0 unspecified atom stereocenters. The molecule has 4 rings (SSSR count). The van der Waals surface area contributed by atoms with E-state index in [4.69, 9.17) is 4.84 Å². The Morgan fingerprint density at radius 3 is 2.48 bits per heavy atom. The van der Waals surface area contributed by atoms with Crippen molar-refractivity contribution in [3.8, 4) is 0 Å². The highest BCUT2D eigenvalue weighted by molar-refractivity contribution is 6.01. The van der Waals surface area contributed by atoms with Gasteiger partial charge in [-0.05, 0) is 34.8 Å². The number of hydrogen-bond donors (Lipinski definition) is 0. The van der Waals surface area contributed by atoms with E-state index < -0.39 is 0 Å². The highest BCUT2D eigenvalue weighted by Gasteiger charge is 2.42. The van der Waals surface area contributed by atoms with Crippen LogP contribution in [0.3, 0.4) is 0 Å². The number of benzene rings is 2. The van der Waals surface area contributed by atoms with E-state index >= 15 is 0 Å². The van der Waals surface area contributed by atoms with Gasteiger partial charge in [0.25, 0.3) is 0 Å². The van der Waals surface area contributed by atoms with Crippen LogP contribution in [0.1, 0.15) is 56.7 Å². The molecule has 0 radical (unpaired) electrons. The van der Waals surface area contributed by atoms with E-state index in [1.807, 2.05) is 29.2 Å².